The minimum Gasteiger partial charge on any atom is -0.497 e. The van der Waals surface area contributed by atoms with E-state index in [1.54, 1.807) is 54.5 Å². The number of fused-ring (bicyclic) bond motifs is 1. The quantitative estimate of drug-likeness (QED) is 0.401. The topological polar surface area (TPSA) is 103 Å². The number of rotatable bonds is 9. The number of hydrogen-bond acceptors (Lipinski definition) is 6. The molecule has 1 saturated carbocycles. The molecule has 0 bridgehead atoms. The molecule has 1 aliphatic carbocycles. The third-order valence-corrected chi connectivity index (χ3v) is 8.06. The Balaban J connectivity index is 1.52. The molecule has 2 aromatic rings. The van der Waals surface area contributed by atoms with E-state index in [1.165, 1.54) is 32.1 Å². The summed E-state index contributed by atoms with van der Waals surface area (Å²) >= 11 is 0. The molecule has 9 nitrogen and oxygen atoms in total. The van der Waals surface area contributed by atoms with Gasteiger partial charge in [-0.05, 0) is 75.2 Å². The maximum Gasteiger partial charge on any atom is 0.323 e. The maximum absolute atomic E-state index is 13.7. The lowest BCUT2D eigenvalue weighted by Crippen LogP contribution is -2.50. The number of aliphatic hydroxyl groups excluding tert-OH is 1. The summed E-state index contributed by atoms with van der Waals surface area (Å²) in [5.41, 5.74) is 1.45. The molecular formula is C31H44N4O5. The van der Waals surface area contributed by atoms with Crippen LogP contribution in [0.1, 0.15) is 56.3 Å². The number of carbonyl (C=O) groups is 2. The highest BCUT2D eigenvalue weighted by atomic mass is 16.5. The van der Waals surface area contributed by atoms with Crippen molar-refractivity contribution in [2.45, 2.75) is 58.1 Å². The number of nitrogens with zero attached hydrogens (tertiary/aromatic N) is 2. The third kappa shape index (κ3) is 7.67. The van der Waals surface area contributed by atoms with Crippen LogP contribution in [0.15, 0.2) is 42.5 Å². The van der Waals surface area contributed by atoms with E-state index >= 15 is 0 Å². The highest BCUT2D eigenvalue weighted by molar-refractivity contribution is 6.02. The molecule has 4 rings (SSSR count). The molecular weight excluding hydrogens is 508 g/mol. The Labute approximate surface area is 237 Å². The van der Waals surface area contributed by atoms with Gasteiger partial charge in [0.1, 0.15) is 17.6 Å². The Morgan fingerprint density at radius 3 is 2.45 bits per heavy atom. The van der Waals surface area contributed by atoms with Crippen LogP contribution < -0.4 is 20.1 Å². The largest absolute Gasteiger partial charge is 0.497 e. The number of ether oxygens (including phenoxy) is 2. The number of anilines is 2. The zero-order chi connectivity index (χ0) is 28.6. The summed E-state index contributed by atoms with van der Waals surface area (Å²) in [5, 5.41) is 15.5. The molecule has 9 heteroatoms. The second kappa shape index (κ2) is 13.9. The van der Waals surface area contributed by atoms with Crippen LogP contribution >= 0.6 is 0 Å². The Kier molecular flexibility index (Phi) is 10.3. The first-order chi connectivity index (χ1) is 19.3. The van der Waals surface area contributed by atoms with Crippen molar-refractivity contribution in [1.29, 1.82) is 0 Å². The van der Waals surface area contributed by atoms with Gasteiger partial charge in [-0.25, -0.2) is 4.79 Å². The van der Waals surface area contributed by atoms with Gasteiger partial charge in [-0.2, -0.15) is 0 Å². The van der Waals surface area contributed by atoms with Crippen LogP contribution in [0, 0.1) is 11.8 Å². The molecule has 3 amide bonds. The van der Waals surface area contributed by atoms with E-state index in [2.05, 4.69) is 29.5 Å². The molecule has 2 aromatic carbocycles. The molecule has 0 aromatic heterocycles. The standard InChI is InChI=1S/C31H44N4O5/c1-21-17-35(22(2)20-36)30(37)27-16-25(33-31(38)32-24-10-13-26(39-4)14-11-24)12-15-28(27)40-29(21)19-34(3)18-23-8-6-5-7-9-23/h10-16,21-23,29,36H,5-9,17-20H2,1-4H3,(H2,32,33,38)/t21-,22+,29+/m0/s1. The Bertz CT molecular complexity index is 1140. The molecule has 2 aliphatic rings. The van der Waals surface area contributed by atoms with Crippen molar-refractivity contribution in [2.75, 3.05) is 51.0 Å². The normalized spacial score (nSPS) is 20.6. The van der Waals surface area contributed by atoms with Gasteiger partial charge in [-0.3, -0.25) is 4.79 Å². The van der Waals surface area contributed by atoms with Gasteiger partial charge in [0.2, 0.25) is 0 Å². The van der Waals surface area contributed by atoms with E-state index in [4.69, 9.17) is 9.47 Å². The number of benzene rings is 2. The number of methoxy groups -OCH3 is 1. The molecule has 1 heterocycles. The molecule has 3 N–H and O–H groups in total. The van der Waals surface area contributed by atoms with E-state index in [0.717, 1.165) is 19.0 Å². The summed E-state index contributed by atoms with van der Waals surface area (Å²) in [7, 11) is 3.74. The fourth-order valence-electron chi connectivity index (χ4n) is 5.68. The zero-order valence-electron chi connectivity index (χ0n) is 24.2. The predicted octanol–water partition coefficient (Wildman–Crippen LogP) is 5.07. The SMILES string of the molecule is COc1ccc(NC(=O)Nc2ccc3c(c2)C(=O)N([C@H](C)CO)C[C@H](C)[C@@H](CN(C)CC2CCCCC2)O3)cc1. The van der Waals surface area contributed by atoms with E-state index < -0.39 is 6.03 Å². The number of carbonyl (C=O) groups excluding carboxylic acids is 2. The van der Waals surface area contributed by atoms with Gasteiger partial charge < -0.3 is 35.0 Å². The molecule has 0 spiro atoms. The van der Waals surface area contributed by atoms with Gasteiger partial charge in [0, 0.05) is 36.9 Å². The van der Waals surface area contributed by atoms with Crippen LogP contribution in [0.2, 0.25) is 0 Å². The molecule has 0 saturated heterocycles. The van der Waals surface area contributed by atoms with Crippen molar-refractivity contribution in [1.82, 2.24) is 9.80 Å². The fraction of sp³-hybridized carbons (Fsp3) is 0.548. The summed E-state index contributed by atoms with van der Waals surface area (Å²) in [6, 6.07) is 11.4. The third-order valence-electron chi connectivity index (χ3n) is 8.06. The minimum absolute atomic E-state index is 0.0629. The highest BCUT2D eigenvalue weighted by Crippen LogP contribution is 2.31. The van der Waals surface area contributed by atoms with Crippen molar-refractivity contribution in [2.24, 2.45) is 11.8 Å². The van der Waals surface area contributed by atoms with E-state index in [0.29, 0.717) is 35.0 Å². The average molecular weight is 553 g/mol. The number of aliphatic hydroxyl groups is 1. The Morgan fingerprint density at radius 2 is 1.77 bits per heavy atom. The number of urea groups is 1. The highest BCUT2D eigenvalue weighted by Gasteiger charge is 2.34. The van der Waals surface area contributed by atoms with Gasteiger partial charge in [-0.1, -0.05) is 26.2 Å². The summed E-state index contributed by atoms with van der Waals surface area (Å²) in [6.07, 6.45) is 6.40. The van der Waals surface area contributed by atoms with E-state index in [-0.39, 0.29) is 30.6 Å². The molecule has 1 aliphatic heterocycles. The number of hydrogen-bond donors (Lipinski definition) is 3. The number of likely N-dealkylation sites (N-methyl/N-ethyl adjacent to an activating group) is 1. The number of nitrogens with one attached hydrogen (secondary N) is 2. The Hall–Kier alpha value is -3.30. The first kappa shape index (κ1) is 29.7. The fourth-order valence-corrected chi connectivity index (χ4v) is 5.68. The van der Waals surface area contributed by atoms with Crippen molar-refractivity contribution >= 4 is 23.3 Å². The lowest BCUT2D eigenvalue weighted by molar-refractivity contribution is 0.0330. The average Bonchev–Trinajstić information content (AvgIpc) is 2.95. The number of amides is 3. The first-order valence-corrected chi connectivity index (χ1v) is 14.4. The lowest BCUT2D eigenvalue weighted by atomic mass is 9.89. The van der Waals surface area contributed by atoms with Crippen molar-refractivity contribution in [3.8, 4) is 11.5 Å². The summed E-state index contributed by atoms with van der Waals surface area (Å²) in [6.45, 7) is 6.08. The summed E-state index contributed by atoms with van der Waals surface area (Å²) < 4.78 is 11.7. The Morgan fingerprint density at radius 1 is 1.10 bits per heavy atom. The molecule has 0 unspecified atom stereocenters. The molecule has 0 radical (unpaired) electrons. The second-order valence-corrected chi connectivity index (χ2v) is 11.4. The van der Waals surface area contributed by atoms with Gasteiger partial charge in [-0.15, -0.1) is 0 Å². The van der Waals surface area contributed by atoms with Crippen molar-refractivity contribution in [3.05, 3.63) is 48.0 Å². The second-order valence-electron chi connectivity index (χ2n) is 11.4. The van der Waals surface area contributed by atoms with Crippen molar-refractivity contribution in [3.63, 3.8) is 0 Å². The van der Waals surface area contributed by atoms with Crippen LogP contribution in [-0.4, -0.2) is 79.4 Å². The van der Waals surface area contributed by atoms with Crippen LogP contribution in [0.5, 0.6) is 11.5 Å². The van der Waals surface area contributed by atoms with Crippen LogP contribution in [0.3, 0.4) is 0 Å². The van der Waals surface area contributed by atoms with Gasteiger partial charge in [0.05, 0.1) is 25.3 Å². The predicted molar refractivity (Wildman–Crippen MR) is 157 cm³/mol. The minimum atomic E-state index is -0.430. The van der Waals surface area contributed by atoms with Crippen LogP contribution in [0.25, 0.3) is 0 Å². The monoisotopic (exact) mass is 552 g/mol. The molecule has 3 atom stereocenters. The van der Waals surface area contributed by atoms with Gasteiger partial charge >= 0.3 is 6.03 Å². The smallest absolute Gasteiger partial charge is 0.323 e. The van der Waals surface area contributed by atoms with E-state index in [1.807, 2.05) is 6.92 Å². The maximum atomic E-state index is 13.7. The molecule has 1 fully saturated rings. The lowest BCUT2D eigenvalue weighted by Gasteiger charge is -2.38. The van der Waals surface area contributed by atoms with Crippen LogP contribution in [-0.2, 0) is 0 Å². The van der Waals surface area contributed by atoms with Crippen LogP contribution in [0.4, 0.5) is 16.2 Å². The van der Waals surface area contributed by atoms with Gasteiger partial charge in [0.25, 0.3) is 5.91 Å². The summed E-state index contributed by atoms with van der Waals surface area (Å²) in [4.78, 5) is 30.5. The van der Waals surface area contributed by atoms with Gasteiger partial charge in [0.15, 0.2) is 0 Å². The zero-order valence-corrected chi connectivity index (χ0v) is 24.2. The first-order valence-electron chi connectivity index (χ1n) is 14.4. The van der Waals surface area contributed by atoms with E-state index in [9.17, 15) is 14.7 Å². The van der Waals surface area contributed by atoms with Crippen molar-refractivity contribution < 1.29 is 24.2 Å². The molecule has 218 valence electrons. The molecule has 40 heavy (non-hydrogen) atoms. The summed E-state index contributed by atoms with van der Waals surface area (Å²) in [5.74, 6) is 1.74.